The Bertz CT molecular complexity index is 758. The number of carbonyl (C=O) groups excluding carboxylic acids is 1. The highest BCUT2D eigenvalue weighted by Crippen LogP contribution is 2.38. The number of thiophene rings is 1. The van der Waals surface area contributed by atoms with Crippen molar-refractivity contribution in [1.29, 1.82) is 5.41 Å². The molecule has 1 aromatic heterocycles. The van der Waals surface area contributed by atoms with Crippen LogP contribution >= 0.6 is 34.7 Å². The zero-order chi connectivity index (χ0) is 17.1. The van der Waals surface area contributed by atoms with Gasteiger partial charge in [-0.2, -0.15) is 0 Å². The number of hydrogen-bond acceptors (Lipinski definition) is 5. The highest BCUT2D eigenvalue weighted by atomic mass is 35.5. The third kappa shape index (κ3) is 4.00. The fourth-order valence-electron chi connectivity index (χ4n) is 2.63. The van der Waals surface area contributed by atoms with Gasteiger partial charge in [-0.25, -0.2) is 0 Å². The van der Waals surface area contributed by atoms with Gasteiger partial charge in [0.25, 0.3) is 0 Å². The minimum Gasteiger partial charge on any atom is -0.391 e. The quantitative estimate of drug-likeness (QED) is 0.735. The van der Waals surface area contributed by atoms with Crippen LogP contribution in [0, 0.1) is 11.3 Å². The molecule has 1 aromatic carbocycles. The maximum Gasteiger partial charge on any atom is 0.225 e. The van der Waals surface area contributed by atoms with Crippen LogP contribution in [-0.4, -0.2) is 22.5 Å². The van der Waals surface area contributed by atoms with Crippen LogP contribution in [0.1, 0.15) is 23.3 Å². The van der Waals surface area contributed by atoms with Crippen LogP contribution < -0.4 is 5.32 Å². The Morgan fingerprint density at radius 3 is 2.83 bits per heavy atom. The first-order valence-corrected chi connectivity index (χ1v) is 9.75. The SMILES string of the molecule is N=C1c2cc(CO)sc2SCCC1CC(=O)Nc1ccc(Cl)cc1. The molecular formula is C17H17ClN2O2S2. The number of fused-ring (bicyclic) bond motifs is 1. The van der Waals surface area contributed by atoms with Gasteiger partial charge < -0.3 is 15.8 Å². The van der Waals surface area contributed by atoms with Crippen LogP contribution in [0.25, 0.3) is 0 Å². The number of amides is 1. The van der Waals surface area contributed by atoms with Crippen molar-refractivity contribution >= 4 is 52.0 Å². The van der Waals surface area contributed by atoms with E-state index in [1.807, 2.05) is 6.07 Å². The van der Waals surface area contributed by atoms with Gasteiger partial charge in [0.05, 0.1) is 10.8 Å². The first kappa shape index (κ1) is 17.5. The number of thioether (sulfide) groups is 1. The fraction of sp³-hybridized carbons (Fsp3) is 0.294. The van der Waals surface area contributed by atoms with E-state index in [2.05, 4.69) is 5.32 Å². The average molecular weight is 381 g/mol. The summed E-state index contributed by atoms with van der Waals surface area (Å²) in [6, 6.07) is 8.87. The molecule has 3 rings (SSSR count). The number of aliphatic hydroxyl groups is 1. The molecule has 1 aliphatic heterocycles. The van der Waals surface area contributed by atoms with E-state index in [0.29, 0.717) is 16.4 Å². The van der Waals surface area contributed by atoms with Gasteiger partial charge in [0, 0.05) is 39.2 Å². The second kappa shape index (κ2) is 7.70. The molecule has 126 valence electrons. The van der Waals surface area contributed by atoms with E-state index in [1.165, 1.54) is 11.3 Å². The molecule has 0 aliphatic carbocycles. The average Bonchev–Trinajstić information content (AvgIpc) is 2.93. The summed E-state index contributed by atoms with van der Waals surface area (Å²) in [6.45, 7) is -0.00672. The molecule has 4 nitrogen and oxygen atoms in total. The minimum absolute atomic E-state index is 0.00672. The van der Waals surface area contributed by atoms with Crippen molar-refractivity contribution < 1.29 is 9.90 Å². The number of rotatable bonds is 4. The molecule has 3 N–H and O–H groups in total. The number of anilines is 1. The molecule has 0 bridgehead atoms. The molecule has 2 heterocycles. The van der Waals surface area contributed by atoms with Crippen molar-refractivity contribution in [2.75, 3.05) is 11.1 Å². The van der Waals surface area contributed by atoms with Gasteiger partial charge in [0.15, 0.2) is 0 Å². The minimum atomic E-state index is -0.104. The Balaban J connectivity index is 1.68. The van der Waals surface area contributed by atoms with Crippen LogP contribution in [0.3, 0.4) is 0 Å². The van der Waals surface area contributed by atoms with Crippen molar-refractivity contribution in [3.8, 4) is 0 Å². The predicted molar refractivity (Wildman–Crippen MR) is 101 cm³/mol. The molecule has 0 radical (unpaired) electrons. The molecule has 0 saturated heterocycles. The Morgan fingerprint density at radius 2 is 2.12 bits per heavy atom. The summed E-state index contributed by atoms with van der Waals surface area (Å²) in [6.07, 6.45) is 1.08. The van der Waals surface area contributed by atoms with E-state index in [9.17, 15) is 9.90 Å². The van der Waals surface area contributed by atoms with E-state index in [0.717, 1.165) is 26.8 Å². The lowest BCUT2D eigenvalue weighted by Gasteiger charge is -2.15. The lowest BCUT2D eigenvalue weighted by molar-refractivity contribution is -0.116. The van der Waals surface area contributed by atoms with Gasteiger partial charge in [0.2, 0.25) is 5.91 Å². The van der Waals surface area contributed by atoms with Crippen molar-refractivity contribution in [3.63, 3.8) is 0 Å². The van der Waals surface area contributed by atoms with Gasteiger partial charge in [0.1, 0.15) is 0 Å². The van der Waals surface area contributed by atoms with Gasteiger partial charge >= 0.3 is 0 Å². The van der Waals surface area contributed by atoms with E-state index >= 15 is 0 Å². The van der Waals surface area contributed by atoms with Crippen LogP contribution in [0.5, 0.6) is 0 Å². The topological polar surface area (TPSA) is 73.2 Å². The summed E-state index contributed by atoms with van der Waals surface area (Å²) < 4.78 is 1.07. The standard InChI is InChI=1S/C17H17ClN2O2S2/c18-11-1-3-12(4-2-11)20-15(22)7-10-5-6-23-17-14(16(10)19)8-13(9-21)24-17/h1-4,8,10,19,21H,5-7,9H2,(H,20,22). The van der Waals surface area contributed by atoms with Gasteiger partial charge in [-0.05, 0) is 42.5 Å². The summed E-state index contributed by atoms with van der Waals surface area (Å²) in [5.41, 5.74) is 2.07. The second-order valence-electron chi connectivity index (χ2n) is 5.58. The zero-order valence-corrected chi connectivity index (χ0v) is 15.2. The van der Waals surface area contributed by atoms with E-state index in [1.54, 1.807) is 36.0 Å². The molecule has 7 heteroatoms. The van der Waals surface area contributed by atoms with E-state index in [4.69, 9.17) is 17.0 Å². The lowest BCUT2D eigenvalue weighted by Crippen LogP contribution is -2.22. The molecule has 0 spiro atoms. The van der Waals surface area contributed by atoms with Crippen LogP contribution in [0.4, 0.5) is 5.69 Å². The lowest BCUT2D eigenvalue weighted by atomic mass is 9.92. The third-order valence-electron chi connectivity index (χ3n) is 3.86. The summed E-state index contributed by atoms with van der Waals surface area (Å²) in [5.74, 6) is 0.671. The molecule has 1 unspecified atom stereocenters. The second-order valence-corrected chi connectivity index (χ2v) is 8.52. The maximum atomic E-state index is 12.3. The van der Waals surface area contributed by atoms with Crippen LogP contribution in [0.2, 0.25) is 5.02 Å². The first-order chi connectivity index (χ1) is 11.6. The molecule has 0 saturated carbocycles. The number of carbonyl (C=O) groups is 1. The number of halogens is 1. The summed E-state index contributed by atoms with van der Waals surface area (Å²) in [4.78, 5) is 13.2. The number of aliphatic hydroxyl groups excluding tert-OH is 1. The van der Waals surface area contributed by atoms with Gasteiger partial charge in [-0.1, -0.05) is 11.6 Å². The Hall–Kier alpha value is -1.34. The smallest absolute Gasteiger partial charge is 0.225 e. The normalized spacial score (nSPS) is 17.2. The van der Waals surface area contributed by atoms with Crippen molar-refractivity contribution in [2.24, 2.45) is 5.92 Å². The third-order valence-corrected chi connectivity index (χ3v) is 6.55. The summed E-state index contributed by atoms with van der Waals surface area (Å²) >= 11 is 9.09. The van der Waals surface area contributed by atoms with E-state index < -0.39 is 0 Å². The molecule has 1 atom stereocenters. The monoisotopic (exact) mass is 380 g/mol. The van der Waals surface area contributed by atoms with Crippen LogP contribution in [-0.2, 0) is 11.4 Å². The number of nitrogens with one attached hydrogen (secondary N) is 2. The highest BCUT2D eigenvalue weighted by molar-refractivity contribution is 8.01. The largest absolute Gasteiger partial charge is 0.391 e. The Morgan fingerprint density at radius 1 is 1.38 bits per heavy atom. The van der Waals surface area contributed by atoms with Gasteiger partial charge in [-0.15, -0.1) is 23.1 Å². The van der Waals surface area contributed by atoms with Crippen molar-refractivity contribution in [2.45, 2.75) is 23.7 Å². The summed E-state index contributed by atoms with van der Waals surface area (Å²) in [5, 5.41) is 21.3. The van der Waals surface area contributed by atoms with Crippen molar-refractivity contribution in [3.05, 3.63) is 45.8 Å². The maximum absolute atomic E-state index is 12.3. The first-order valence-electron chi connectivity index (χ1n) is 7.57. The molecule has 1 amide bonds. The molecule has 0 fully saturated rings. The molecular weight excluding hydrogens is 364 g/mol. The molecule has 24 heavy (non-hydrogen) atoms. The predicted octanol–water partition coefficient (Wildman–Crippen LogP) is 4.40. The van der Waals surface area contributed by atoms with Crippen LogP contribution in [0.15, 0.2) is 34.5 Å². The summed E-state index contributed by atoms with van der Waals surface area (Å²) in [7, 11) is 0. The number of benzene rings is 1. The molecule has 1 aliphatic rings. The van der Waals surface area contributed by atoms with E-state index in [-0.39, 0.29) is 24.9 Å². The zero-order valence-electron chi connectivity index (χ0n) is 12.8. The molecule has 2 aromatic rings. The van der Waals surface area contributed by atoms with Crippen molar-refractivity contribution in [1.82, 2.24) is 0 Å². The van der Waals surface area contributed by atoms with Gasteiger partial charge in [-0.3, -0.25) is 4.79 Å². The highest BCUT2D eigenvalue weighted by Gasteiger charge is 2.26. The number of hydrogen-bond donors (Lipinski definition) is 3. The fourth-order valence-corrected chi connectivity index (χ4v) is 5.23. The Kier molecular flexibility index (Phi) is 5.61. The Labute approximate surface area is 153 Å².